The van der Waals surface area contributed by atoms with Crippen LogP contribution < -0.4 is 15.0 Å². The molecule has 1 aromatic carbocycles. The fourth-order valence-electron chi connectivity index (χ4n) is 1.50. The summed E-state index contributed by atoms with van der Waals surface area (Å²) in [5.41, 5.74) is 3.92. The highest BCUT2D eigenvalue weighted by molar-refractivity contribution is 5.47. The maximum Gasteiger partial charge on any atom is 0.165 e. The van der Waals surface area contributed by atoms with E-state index in [0.717, 1.165) is 17.1 Å². The van der Waals surface area contributed by atoms with Gasteiger partial charge in [-0.25, -0.2) is 0 Å². The zero-order valence-corrected chi connectivity index (χ0v) is 8.79. The molecule has 4 nitrogen and oxygen atoms in total. The van der Waals surface area contributed by atoms with Crippen molar-refractivity contribution in [3.05, 3.63) is 23.8 Å². The average molecular weight is 209 g/mol. The summed E-state index contributed by atoms with van der Waals surface area (Å²) in [6, 6.07) is 5.87. The largest absolute Gasteiger partial charge is 0.486 e. The molecule has 0 aliphatic carbocycles. The molecule has 15 heavy (non-hydrogen) atoms. The first-order valence-corrected chi connectivity index (χ1v) is 5.14. The monoisotopic (exact) mass is 209 g/mol. The molecule has 0 radical (unpaired) electrons. The molecule has 82 valence electrons. The highest BCUT2D eigenvalue weighted by atomic mass is 16.6. The Morgan fingerprint density at radius 3 is 3.07 bits per heavy atom. The Morgan fingerprint density at radius 2 is 2.20 bits per heavy atom. The summed E-state index contributed by atoms with van der Waals surface area (Å²) in [5.74, 6) is 1.65. The van der Waals surface area contributed by atoms with Crippen molar-refractivity contribution in [2.45, 2.75) is 13.5 Å². The molecule has 1 aliphatic rings. The normalized spacial score (nSPS) is 13.9. The van der Waals surface area contributed by atoms with Crippen molar-refractivity contribution >= 4 is 0 Å². The first-order valence-electron chi connectivity index (χ1n) is 5.14. The molecule has 0 amide bonds. The number of nitrogens with one attached hydrogen (secondary N) is 1. The van der Waals surface area contributed by atoms with Gasteiger partial charge >= 0.3 is 0 Å². The molecule has 0 saturated carbocycles. The van der Waals surface area contributed by atoms with Crippen LogP contribution >= 0.6 is 0 Å². The molecule has 2 rings (SSSR count). The van der Waals surface area contributed by atoms with Gasteiger partial charge in [-0.3, -0.25) is 0 Å². The Balaban J connectivity index is 2.09. The van der Waals surface area contributed by atoms with Crippen LogP contribution in [0.25, 0.3) is 0 Å². The van der Waals surface area contributed by atoms with Gasteiger partial charge in [-0.15, -0.1) is 0 Å². The molecule has 4 heteroatoms. The van der Waals surface area contributed by atoms with Crippen LogP contribution in [0, 0.1) is 0 Å². The van der Waals surface area contributed by atoms with Crippen LogP contribution in [0.1, 0.15) is 12.5 Å². The number of benzene rings is 1. The topological polar surface area (TPSA) is 39.7 Å². The number of hydroxylamine groups is 1. The Labute approximate surface area is 89.1 Å². The minimum atomic E-state index is 0.610. The summed E-state index contributed by atoms with van der Waals surface area (Å²) in [7, 11) is 0. The smallest absolute Gasteiger partial charge is 0.165 e. The van der Waals surface area contributed by atoms with Gasteiger partial charge in [-0.2, -0.15) is 5.48 Å². The lowest BCUT2D eigenvalue weighted by Gasteiger charge is -2.20. The van der Waals surface area contributed by atoms with Crippen LogP contribution in [-0.4, -0.2) is 19.8 Å². The van der Waals surface area contributed by atoms with E-state index in [1.54, 1.807) is 0 Å². The van der Waals surface area contributed by atoms with E-state index < -0.39 is 0 Å². The summed E-state index contributed by atoms with van der Waals surface area (Å²) in [4.78, 5) is 5.08. The van der Waals surface area contributed by atoms with E-state index in [-0.39, 0.29) is 0 Å². The third-order valence-electron chi connectivity index (χ3n) is 2.16. The molecule has 1 aromatic rings. The van der Waals surface area contributed by atoms with Crippen LogP contribution in [0.4, 0.5) is 0 Å². The highest BCUT2D eigenvalue weighted by Gasteiger charge is 2.14. The molecular weight excluding hydrogens is 194 g/mol. The minimum absolute atomic E-state index is 0.610. The molecule has 0 unspecified atom stereocenters. The standard InChI is InChI=1S/C11H15NO3/c1-2-15-12-8-9-4-3-5-10-11(9)14-7-6-13-10/h3-5,12H,2,6-8H2,1H3. The Kier molecular flexibility index (Phi) is 3.42. The van der Waals surface area contributed by atoms with Crippen molar-refractivity contribution in [3.63, 3.8) is 0 Å². The van der Waals surface area contributed by atoms with Crippen molar-refractivity contribution in [1.29, 1.82) is 0 Å². The Hall–Kier alpha value is -1.26. The van der Waals surface area contributed by atoms with Crippen molar-refractivity contribution in [3.8, 4) is 11.5 Å². The number of para-hydroxylation sites is 1. The maximum atomic E-state index is 5.56. The molecular formula is C11H15NO3. The number of fused-ring (bicyclic) bond motifs is 1. The molecule has 0 aromatic heterocycles. The molecule has 0 bridgehead atoms. The van der Waals surface area contributed by atoms with E-state index in [1.807, 2.05) is 25.1 Å². The van der Waals surface area contributed by atoms with Crippen LogP contribution in [0.2, 0.25) is 0 Å². The van der Waals surface area contributed by atoms with E-state index in [9.17, 15) is 0 Å². The maximum absolute atomic E-state index is 5.56. The van der Waals surface area contributed by atoms with Gasteiger partial charge in [-0.1, -0.05) is 12.1 Å². The summed E-state index contributed by atoms with van der Waals surface area (Å²) < 4.78 is 11.0. The Bertz CT molecular complexity index is 328. The second kappa shape index (κ2) is 5.00. The fourth-order valence-corrected chi connectivity index (χ4v) is 1.50. The van der Waals surface area contributed by atoms with Gasteiger partial charge in [0.2, 0.25) is 0 Å². The van der Waals surface area contributed by atoms with Gasteiger partial charge in [0, 0.05) is 12.1 Å². The third-order valence-corrected chi connectivity index (χ3v) is 2.16. The van der Waals surface area contributed by atoms with Crippen molar-refractivity contribution in [2.24, 2.45) is 0 Å². The number of hydrogen-bond acceptors (Lipinski definition) is 4. The van der Waals surface area contributed by atoms with Crippen LogP contribution in [-0.2, 0) is 11.4 Å². The lowest BCUT2D eigenvalue weighted by Crippen LogP contribution is -2.19. The van der Waals surface area contributed by atoms with Gasteiger partial charge in [0.05, 0.1) is 6.61 Å². The summed E-state index contributed by atoms with van der Waals surface area (Å²) >= 11 is 0. The van der Waals surface area contributed by atoms with Crippen LogP contribution in [0.3, 0.4) is 0 Å². The average Bonchev–Trinajstić information content (AvgIpc) is 2.30. The first kappa shape index (κ1) is 10.3. The summed E-state index contributed by atoms with van der Waals surface area (Å²) in [6.07, 6.45) is 0. The molecule has 1 heterocycles. The van der Waals surface area contributed by atoms with Gasteiger partial charge in [-0.05, 0) is 13.0 Å². The second-order valence-electron chi connectivity index (χ2n) is 3.20. The predicted octanol–water partition coefficient (Wildman–Crippen LogP) is 1.50. The zero-order valence-electron chi connectivity index (χ0n) is 8.79. The van der Waals surface area contributed by atoms with Gasteiger partial charge in [0.25, 0.3) is 0 Å². The molecule has 0 spiro atoms. The quantitative estimate of drug-likeness (QED) is 0.602. The van der Waals surface area contributed by atoms with Crippen molar-refractivity contribution < 1.29 is 14.3 Å². The summed E-state index contributed by atoms with van der Waals surface area (Å²) in [5, 5.41) is 0. The molecule has 0 atom stereocenters. The van der Waals surface area contributed by atoms with Gasteiger partial charge in [0.15, 0.2) is 11.5 Å². The number of ether oxygens (including phenoxy) is 2. The number of hydrogen-bond donors (Lipinski definition) is 1. The van der Waals surface area contributed by atoms with Gasteiger partial charge in [0.1, 0.15) is 13.2 Å². The van der Waals surface area contributed by atoms with E-state index >= 15 is 0 Å². The highest BCUT2D eigenvalue weighted by Crippen LogP contribution is 2.33. The third kappa shape index (κ3) is 2.40. The minimum Gasteiger partial charge on any atom is -0.486 e. The van der Waals surface area contributed by atoms with Gasteiger partial charge < -0.3 is 14.3 Å². The molecule has 0 saturated heterocycles. The van der Waals surface area contributed by atoms with E-state index in [4.69, 9.17) is 14.3 Å². The second-order valence-corrected chi connectivity index (χ2v) is 3.20. The van der Waals surface area contributed by atoms with Crippen molar-refractivity contribution in [2.75, 3.05) is 19.8 Å². The lowest BCUT2D eigenvalue weighted by atomic mass is 10.2. The van der Waals surface area contributed by atoms with Crippen molar-refractivity contribution in [1.82, 2.24) is 5.48 Å². The fraction of sp³-hybridized carbons (Fsp3) is 0.455. The lowest BCUT2D eigenvalue weighted by molar-refractivity contribution is 0.0453. The number of rotatable bonds is 4. The zero-order chi connectivity index (χ0) is 10.5. The Morgan fingerprint density at radius 1 is 1.33 bits per heavy atom. The molecule has 0 fully saturated rings. The van der Waals surface area contributed by atoms with Crippen LogP contribution in [0.5, 0.6) is 11.5 Å². The van der Waals surface area contributed by atoms with E-state index in [2.05, 4.69) is 5.48 Å². The van der Waals surface area contributed by atoms with E-state index in [1.165, 1.54) is 0 Å². The first-order chi connectivity index (χ1) is 7.42. The SMILES string of the molecule is CCONCc1cccc2c1OCCO2. The summed E-state index contributed by atoms with van der Waals surface area (Å²) in [6.45, 7) is 4.44. The predicted molar refractivity (Wildman–Crippen MR) is 55.9 cm³/mol. The molecule has 1 aliphatic heterocycles. The van der Waals surface area contributed by atoms with Crippen LogP contribution in [0.15, 0.2) is 18.2 Å². The van der Waals surface area contributed by atoms with E-state index in [0.29, 0.717) is 26.4 Å². The molecule has 1 N–H and O–H groups in total.